The first-order valence-electron chi connectivity index (χ1n) is 11.3. The van der Waals surface area contributed by atoms with E-state index in [0.717, 1.165) is 45.9 Å². The Morgan fingerprint density at radius 2 is 1.42 bits per heavy atom. The molecule has 5 rings (SSSR count). The van der Waals surface area contributed by atoms with Crippen molar-refractivity contribution in [3.05, 3.63) is 73.2 Å². The van der Waals surface area contributed by atoms with Gasteiger partial charge in [0.15, 0.2) is 11.6 Å². The minimum Gasteiger partial charge on any atom is -0.315 e. The lowest BCUT2D eigenvalue weighted by molar-refractivity contribution is -0.119. The molecule has 0 atom stereocenters. The lowest BCUT2D eigenvalue weighted by Gasteiger charge is -2.49. The van der Waals surface area contributed by atoms with Crippen LogP contribution in [0.2, 0.25) is 10.0 Å². The van der Waals surface area contributed by atoms with E-state index in [1.54, 1.807) is 17.4 Å². The number of nitrogens with zero attached hydrogens (tertiary/aromatic N) is 1. The molecule has 3 nitrogen and oxygen atoms in total. The molecule has 1 aromatic carbocycles. The van der Waals surface area contributed by atoms with Gasteiger partial charge in [-0.15, -0.1) is 11.3 Å². The molecule has 0 bridgehead atoms. The van der Waals surface area contributed by atoms with Gasteiger partial charge < -0.3 is 4.90 Å². The fourth-order valence-electron chi connectivity index (χ4n) is 5.66. The molecule has 1 aliphatic heterocycles. The summed E-state index contributed by atoms with van der Waals surface area (Å²) in [6.07, 6.45) is 2.38. The third kappa shape index (κ3) is 3.80. The zero-order valence-electron chi connectivity index (χ0n) is 19.3. The van der Waals surface area contributed by atoms with Crippen molar-refractivity contribution >= 4 is 51.8 Å². The third-order valence-corrected chi connectivity index (χ3v) is 8.66. The molecule has 0 N–H and O–H groups in total. The molecular weight excluding hydrogens is 473 g/mol. The fraction of sp³-hybridized carbons (Fsp3) is 0.407. The maximum absolute atomic E-state index is 13.7. The molecule has 0 saturated heterocycles. The highest BCUT2D eigenvalue weighted by Gasteiger charge is 2.49. The van der Waals surface area contributed by atoms with Crippen molar-refractivity contribution in [2.24, 2.45) is 10.8 Å². The SMILES string of the molecule is CC1(C)CC(=O)C2=C(C1)N(c1cccc(Cl)c1Cl)C1=C(C(=O)CC(C)(C)C1)C2c1cccs1. The maximum Gasteiger partial charge on any atom is 0.162 e. The minimum absolute atomic E-state index is 0.118. The first-order valence-corrected chi connectivity index (χ1v) is 12.9. The summed E-state index contributed by atoms with van der Waals surface area (Å²) in [6, 6.07) is 9.62. The number of carbonyl (C=O) groups excluding carboxylic acids is 2. The number of hydrogen-bond donors (Lipinski definition) is 0. The summed E-state index contributed by atoms with van der Waals surface area (Å²) >= 11 is 14.8. The number of carbonyl (C=O) groups is 2. The number of rotatable bonds is 2. The average Bonchev–Trinajstić information content (AvgIpc) is 3.22. The van der Waals surface area contributed by atoms with Gasteiger partial charge >= 0.3 is 0 Å². The second-order valence-electron chi connectivity index (χ2n) is 11.0. The molecule has 6 heteroatoms. The van der Waals surface area contributed by atoms with Crippen LogP contribution in [0, 0.1) is 10.8 Å². The molecular formula is C27H27Cl2NO2S. The topological polar surface area (TPSA) is 37.4 Å². The van der Waals surface area contributed by atoms with Crippen LogP contribution in [0.3, 0.4) is 0 Å². The van der Waals surface area contributed by atoms with Gasteiger partial charge in [-0.2, -0.15) is 0 Å². The van der Waals surface area contributed by atoms with Crippen LogP contribution in [0.5, 0.6) is 0 Å². The maximum atomic E-state index is 13.7. The van der Waals surface area contributed by atoms with Crippen LogP contribution in [0.25, 0.3) is 0 Å². The highest BCUT2D eigenvalue weighted by Crippen LogP contribution is 2.56. The van der Waals surface area contributed by atoms with Crippen LogP contribution in [0.15, 0.2) is 58.3 Å². The number of thiophene rings is 1. The summed E-state index contributed by atoms with van der Waals surface area (Å²) in [4.78, 5) is 30.6. The molecule has 0 fully saturated rings. The van der Waals surface area contributed by atoms with Gasteiger partial charge in [0.1, 0.15) is 0 Å². The van der Waals surface area contributed by atoms with Gasteiger partial charge in [-0.25, -0.2) is 0 Å². The van der Waals surface area contributed by atoms with Crippen LogP contribution < -0.4 is 4.90 Å². The molecule has 0 radical (unpaired) electrons. The van der Waals surface area contributed by atoms with Crippen molar-refractivity contribution in [3.8, 4) is 0 Å². The molecule has 172 valence electrons. The van der Waals surface area contributed by atoms with Crippen molar-refractivity contribution in [3.63, 3.8) is 0 Å². The second-order valence-corrected chi connectivity index (χ2v) is 12.7. The number of anilines is 1. The smallest absolute Gasteiger partial charge is 0.162 e. The van der Waals surface area contributed by atoms with Crippen molar-refractivity contribution < 1.29 is 9.59 Å². The quantitative estimate of drug-likeness (QED) is 0.420. The summed E-state index contributed by atoms with van der Waals surface area (Å²) < 4.78 is 0. The van der Waals surface area contributed by atoms with Crippen molar-refractivity contribution in [1.82, 2.24) is 0 Å². The van der Waals surface area contributed by atoms with Crippen LogP contribution in [0.1, 0.15) is 64.2 Å². The Kier molecular flexibility index (Phi) is 5.43. The van der Waals surface area contributed by atoms with Crippen LogP contribution in [-0.4, -0.2) is 11.6 Å². The van der Waals surface area contributed by atoms with E-state index >= 15 is 0 Å². The third-order valence-electron chi connectivity index (χ3n) is 6.91. The zero-order chi connectivity index (χ0) is 23.7. The summed E-state index contributed by atoms with van der Waals surface area (Å²) in [5, 5.41) is 2.92. The second kappa shape index (κ2) is 7.83. The summed E-state index contributed by atoms with van der Waals surface area (Å²) in [5.74, 6) is -0.0737. The molecule has 0 amide bonds. The van der Waals surface area contributed by atoms with Gasteiger partial charge in [0.25, 0.3) is 0 Å². The van der Waals surface area contributed by atoms with Crippen molar-refractivity contribution in [1.29, 1.82) is 0 Å². The Balaban J connectivity index is 1.86. The van der Waals surface area contributed by atoms with Gasteiger partial charge in [0.05, 0.1) is 21.7 Å². The molecule has 2 heterocycles. The molecule has 33 heavy (non-hydrogen) atoms. The lowest BCUT2D eigenvalue weighted by atomic mass is 9.64. The molecule has 0 unspecified atom stereocenters. The van der Waals surface area contributed by atoms with Crippen molar-refractivity contribution in [2.75, 3.05) is 4.90 Å². The number of hydrogen-bond acceptors (Lipinski definition) is 4. The Morgan fingerprint density at radius 1 is 0.848 bits per heavy atom. The van der Waals surface area contributed by atoms with E-state index in [1.807, 2.05) is 29.6 Å². The number of benzene rings is 1. The first-order chi connectivity index (χ1) is 15.5. The van der Waals surface area contributed by atoms with Crippen LogP contribution in [-0.2, 0) is 9.59 Å². The average molecular weight is 500 g/mol. The Bertz CT molecular complexity index is 1180. The Morgan fingerprint density at radius 3 is 1.94 bits per heavy atom. The lowest BCUT2D eigenvalue weighted by Crippen LogP contribution is -2.44. The summed E-state index contributed by atoms with van der Waals surface area (Å²) in [7, 11) is 0. The number of ketones is 2. The van der Waals surface area contributed by atoms with Gasteiger partial charge in [-0.1, -0.05) is 63.0 Å². The monoisotopic (exact) mass is 499 g/mol. The molecule has 3 aliphatic rings. The number of allylic oxidation sites excluding steroid dienone is 4. The van der Waals surface area contributed by atoms with E-state index in [1.165, 1.54) is 0 Å². The standard InChI is InChI=1S/C27H27Cl2NO2S/c1-26(2)11-17-22(19(31)13-26)24(21-9-6-10-33-21)23-18(12-27(3,4)14-20(23)32)30(17)16-8-5-7-15(28)25(16)29/h5-10,24H,11-14H2,1-4H3. The molecule has 2 aromatic rings. The zero-order valence-corrected chi connectivity index (χ0v) is 21.6. The molecule has 0 saturated carbocycles. The van der Waals surface area contributed by atoms with Crippen LogP contribution >= 0.6 is 34.5 Å². The molecule has 1 aromatic heterocycles. The Labute approximate surface area is 209 Å². The largest absolute Gasteiger partial charge is 0.315 e. The predicted molar refractivity (Wildman–Crippen MR) is 136 cm³/mol. The molecule has 0 spiro atoms. The van der Waals surface area contributed by atoms with E-state index in [9.17, 15) is 9.59 Å². The minimum atomic E-state index is -0.309. The van der Waals surface area contributed by atoms with Crippen LogP contribution in [0.4, 0.5) is 5.69 Å². The first kappa shape index (κ1) is 22.9. The fourth-order valence-corrected chi connectivity index (χ4v) is 6.88. The predicted octanol–water partition coefficient (Wildman–Crippen LogP) is 7.95. The number of Topliss-reactive ketones (excluding diaryl/α,β-unsaturated/α-hetero) is 2. The van der Waals surface area contributed by atoms with E-state index < -0.39 is 0 Å². The van der Waals surface area contributed by atoms with E-state index in [2.05, 4.69) is 32.6 Å². The number of halogens is 2. The normalized spacial score (nSPS) is 22.5. The van der Waals surface area contributed by atoms with E-state index in [-0.39, 0.29) is 28.3 Å². The summed E-state index contributed by atoms with van der Waals surface area (Å²) in [6.45, 7) is 8.53. The van der Waals surface area contributed by atoms with Gasteiger partial charge in [-0.3, -0.25) is 9.59 Å². The van der Waals surface area contributed by atoms with E-state index in [0.29, 0.717) is 22.9 Å². The van der Waals surface area contributed by atoms with Crippen molar-refractivity contribution in [2.45, 2.75) is 59.3 Å². The van der Waals surface area contributed by atoms with Gasteiger partial charge in [-0.05, 0) is 47.3 Å². The highest BCUT2D eigenvalue weighted by atomic mass is 35.5. The van der Waals surface area contributed by atoms with E-state index in [4.69, 9.17) is 23.2 Å². The highest BCUT2D eigenvalue weighted by molar-refractivity contribution is 7.10. The van der Waals surface area contributed by atoms with Gasteiger partial charge in [0.2, 0.25) is 0 Å². The summed E-state index contributed by atoms with van der Waals surface area (Å²) in [5.41, 5.74) is 3.78. The van der Waals surface area contributed by atoms with Gasteiger partial charge in [0, 0.05) is 40.3 Å². The molecule has 2 aliphatic carbocycles. The Hall–Kier alpha value is -1.88.